The van der Waals surface area contributed by atoms with Crippen LogP contribution in [0, 0.1) is 11.8 Å². The Labute approximate surface area is 198 Å². The second-order valence-electron chi connectivity index (χ2n) is 10.3. The number of carbonyl (C=O) groups is 1. The fourth-order valence-electron chi connectivity index (χ4n) is 5.23. The number of benzene rings is 1. The number of piperidine rings is 1. The van der Waals surface area contributed by atoms with Gasteiger partial charge in [-0.25, -0.2) is 4.99 Å². The highest BCUT2D eigenvalue weighted by Gasteiger charge is 2.44. The smallest absolute Gasteiger partial charge is 0.257 e. The van der Waals surface area contributed by atoms with Crippen LogP contribution in [-0.2, 0) is 11.3 Å². The molecule has 178 valence electrons. The quantitative estimate of drug-likeness (QED) is 0.634. The molecule has 1 saturated heterocycles. The number of hydrogen-bond acceptors (Lipinski definition) is 5. The summed E-state index contributed by atoms with van der Waals surface area (Å²) in [6.07, 6.45) is 11.1. The highest BCUT2D eigenvalue weighted by molar-refractivity contribution is 6.06. The van der Waals surface area contributed by atoms with Crippen molar-refractivity contribution >= 4 is 11.9 Å². The van der Waals surface area contributed by atoms with Crippen LogP contribution in [0.15, 0.2) is 53.2 Å². The van der Waals surface area contributed by atoms with Crippen LogP contribution >= 0.6 is 0 Å². The summed E-state index contributed by atoms with van der Waals surface area (Å²) in [6.45, 7) is 9.81. The summed E-state index contributed by atoms with van der Waals surface area (Å²) in [5.74, 6) is 3.26. The second-order valence-corrected chi connectivity index (χ2v) is 10.3. The van der Waals surface area contributed by atoms with Gasteiger partial charge in [-0.3, -0.25) is 14.6 Å². The van der Waals surface area contributed by atoms with Gasteiger partial charge in [0.25, 0.3) is 5.91 Å². The number of aliphatic imine (C=N–C) groups is 1. The van der Waals surface area contributed by atoms with Gasteiger partial charge in [0.15, 0.2) is 5.96 Å². The number of nitrogens with zero attached hydrogens (tertiary/aromatic N) is 3. The molecule has 2 heterocycles. The van der Waals surface area contributed by atoms with Crippen LogP contribution in [0.1, 0.15) is 58.4 Å². The molecule has 3 aliphatic rings. The van der Waals surface area contributed by atoms with Gasteiger partial charge in [-0.05, 0) is 81.3 Å². The zero-order valence-electron chi connectivity index (χ0n) is 20.3. The van der Waals surface area contributed by atoms with E-state index in [1.807, 2.05) is 13.0 Å². The van der Waals surface area contributed by atoms with E-state index in [4.69, 9.17) is 10.5 Å². The molecule has 1 aromatic carbocycles. The van der Waals surface area contributed by atoms with E-state index in [2.05, 4.69) is 60.2 Å². The van der Waals surface area contributed by atoms with Gasteiger partial charge in [0.2, 0.25) is 0 Å². The third kappa shape index (κ3) is 5.85. The largest absolute Gasteiger partial charge is 0.462 e. The topological polar surface area (TPSA) is 71.2 Å². The number of likely N-dealkylation sites (tertiary alicyclic amines) is 1. The molecular formula is C27H38N4O2. The standard InChI is InChI=1S/C27H38N4O2/c1-20(2)17-27(3)25(32)31(26(28)29-27)19-21-12-14-30(15-13-21)18-22-8-7-11-24(16-22)33-23-9-5-4-6-10-23/h4-5,7-9,11,16,20-21H,6,10,12-15,17-19H2,1-3H3,(H2,28,29). The molecule has 33 heavy (non-hydrogen) atoms. The Morgan fingerprint density at radius 2 is 2.06 bits per heavy atom. The van der Waals surface area contributed by atoms with Crippen molar-refractivity contribution in [3.8, 4) is 5.75 Å². The minimum atomic E-state index is -0.698. The van der Waals surface area contributed by atoms with Crippen LogP contribution < -0.4 is 10.5 Å². The third-order valence-corrected chi connectivity index (χ3v) is 6.83. The van der Waals surface area contributed by atoms with E-state index >= 15 is 0 Å². The summed E-state index contributed by atoms with van der Waals surface area (Å²) in [5.41, 5.74) is 6.75. The molecule has 1 atom stereocenters. The van der Waals surface area contributed by atoms with E-state index in [-0.39, 0.29) is 5.91 Å². The number of nitrogens with two attached hydrogens (primary N) is 1. The van der Waals surface area contributed by atoms with Crippen molar-refractivity contribution < 1.29 is 9.53 Å². The molecule has 2 aliphatic heterocycles. The fraction of sp³-hybridized carbons (Fsp3) is 0.556. The van der Waals surface area contributed by atoms with Gasteiger partial charge in [-0.1, -0.05) is 38.1 Å². The average molecular weight is 451 g/mol. The van der Waals surface area contributed by atoms with E-state index in [0.717, 1.165) is 63.2 Å². The summed E-state index contributed by atoms with van der Waals surface area (Å²) in [5, 5.41) is 0. The van der Waals surface area contributed by atoms with Crippen molar-refractivity contribution in [1.82, 2.24) is 9.80 Å². The van der Waals surface area contributed by atoms with Crippen LogP contribution in [-0.4, -0.2) is 46.8 Å². The highest BCUT2D eigenvalue weighted by atomic mass is 16.5. The van der Waals surface area contributed by atoms with E-state index in [1.165, 1.54) is 5.56 Å². The number of rotatable bonds is 8. The average Bonchev–Trinajstić information content (AvgIpc) is 2.98. The third-order valence-electron chi connectivity index (χ3n) is 6.83. The lowest BCUT2D eigenvalue weighted by Gasteiger charge is -2.34. The molecule has 4 rings (SSSR count). The van der Waals surface area contributed by atoms with Gasteiger partial charge in [0.05, 0.1) is 0 Å². The van der Waals surface area contributed by atoms with Gasteiger partial charge < -0.3 is 10.5 Å². The number of carbonyl (C=O) groups excluding carboxylic acids is 1. The zero-order chi connectivity index (χ0) is 23.4. The summed E-state index contributed by atoms with van der Waals surface area (Å²) in [7, 11) is 0. The molecule has 1 aliphatic carbocycles. The van der Waals surface area contributed by atoms with E-state index in [0.29, 0.717) is 24.3 Å². The molecule has 0 aromatic heterocycles. The second kappa shape index (κ2) is 10.1. The lowest BCUT2D eigenvalue weighted by atomic mass is 9.90. The van der Waals surface area contributed by atoms with Crippen molar-refractivity contribution in [3.63, 3.8) is 0 Å². The highest BCUT2D eigenvalue weighted by Crippen LogP contribution is 2.30. The van der Waals surface area contributed by atoms with Crippen molar-refractivity contribution in [2.45, 2.75) is 65.0 Å². The van der Waals surface area contributed by atoms with Gasteiger partial charge in [0, 0.05) is 19.5 Å². The maximum atomic E-state index is 13.0. The Hall–Kier alpha value is -2.60. The van der Waals surface area contributed by atoms with Crippen LogP contribution in [0.25, 0.3) is 0 Å². The molecule has 6 heteroatoms. The van der Waals surface area contributed by atoms with Gasteiger partial charge in [-0.2, -0.15) is 0 Å². The van der Waals surface area contributed by atoms with E-state index < -0.39 is 5.54 Å². The predicted molar refractivity (Wildman–Crippen MR) is 133 cm³/mol. The van der Waals surface area contributed by atoms with Gasteiger partial charge in [0.1, 0.15) is 17.0 Å². The van der Waals surface area contributed by atoms with Crippen LogP contribution in [0.2, 0.25) is 0 Å². The molecule has 1 fully saturated rings. The van der Waals surface area contributed by atoms with E-state index in [1.54, 1.807) is 4.90 Å². The summed E-state index contributed by atoms with van der Waals surface area (Å²) >= 11 is 0. The number of guanidine groups is 1. The van der Waals surface area contributed by atoms with Crippen LogP contribution in [0.5, 0.6) is 5.75 Å². The normalized spacial score (nSPS) is 24.4. The zero-order valence-corrected chi connectivity index (χ0v) is 20.3. The SMILES string of the molecule is CC(C)CC1(C)N=C(N)N(CC2CCN(Cc3cccc(OC4=CC=CCC4)c3)CC2)C1=O. The molecule has 0 radical (unpaired) electrons. The molecule has 1 unspecified atom stereocenters. The Bertz CT molecular complexity index is 943. The van der Waals surface area contributed by atoms with E-state index in [9.17, 15) is 4.79 Å². The minimum Gasteiger partial charge on any atom is -0.462 e. The lowest BCUT2D eigenvalue weighted by Crippen LogP contribution is -2.47. The summed E-state index contributed by atoms with van der Waals surface area (Å²) in [4.78, 5) is 21.8. The van der Waals surface area contributed by atoms with Crippen molar-refractivity contribution in [2.75, 3.05) is 19.6 Å². The van der Waals surface area contributed by atoms with Gasteiger partial charge in [-0.15, -0.1) is 0 Å². The van der Waals surface area contributed by atoms with Crippen molar-refractivity contribution in [3.05, 3.63) is 53.8 Å². The molecule has 1 amide bonds. The maximum Gasteiger partial charge on any atom is 0.257 e. The minimum absolute atomic E-state index is 0.0662. The maximum absolute atomic E-state index is 13.0. The summed E-state index contributed by atoms with van der Waals surface area (Å²) < 4.78 is 6.07. The Morgan fingerprint density at radius 3 is 2.76 bits per heavy atom. The molecule has 0 saturated carbocycles. The predicted octanol–water partition coefficient (Wildman–Crippen LogP) is 4.47. The van der Waals surface area contributed by atoms with Gasteiger partial charge >= 0.3 is 0 Å². The Morgan fingerprint density at radius 1 is 1.27 bits per heavy atom. The number of allylic oxidation sites excluding steroid dienone is 4. The first-order valence-electron chi connectivity index (χ1n) is 12.3. The monoisotopic (exact) mass is 450 g/mol. The fourth-order valence-corrected chi connectivity index (χ4v) is 5.23. The number of ether oxygens (including phenoxy) is 1. The van der Waals surface area contributed by atoms with Crippen LogP contribution in [0.3, 0.4) is 0 Å². The molecule has 2 N–H and O–H groups in total. The first-order chi connectivity index (χ1) is 15.8. The molecule has 0 bridgehead atoms. The Kier molecular flexibility index (Phi) is 7.23. The molecular weight excluding hydrogens is 412 g/mol. The first-order valence-corrected chi connectivity index (χ1v) is 12.3. The summed E-state index contributed by atoms with van der Waals surface area (Å²) in [6, 6.07) is 8.43. The number of hydrogen-bond donors (Lipinski definition) is 1. The van der Waals surface area contributed by atoms with Crippen molar-refractivity contribution in [2.24, 2.45) is 22.6 Å². The van der Waals surface area contributed by atoms with Crippen LogP contribution in [0.4, 0.5) is 0 Å². The first kappa shape index (κ1) is 23.6. The van der Waals surface area contributed by atoms with Crippen molar-refractivity contribution in [1.29, 1.82) is 0 Å². The Balaban J connectivity index is 1.27. The molecule has 0 spiro atoms. The molecule has 1 aromatic rings. The number of amides is 1. The molecule has 6 nitrogen and oxygen atoms in total. The lowest BCUT2D eigenvalue weighted by molar-refractivity contribution is -0.131.